The maximum atomic E-state index is 10.3. The normalized spacial score (nSPS) is 16.7. The Morgan fingerprint density at radius 1 is 1.07 bits per heavy atom. The van der Waals surface area contributed by atoms with Gasteiger partial charge in [0.15, 0.2) is 0 Å². The van der Waals surface area contributed by atoms with Crippen molar-refractivity contribution in [3.05, 3.63) is 0 Å². The van der Waals surface area contributed by atoms with E-state index in [1.165, 1.54) is 19.3 Å². The van der Waals surface area contributed by atoms with Gasteiger partial charge in [0.25, 0.3) is 0 Å². The molecule has 0 heterocycles. The summed E-state index contributed by atoms with van der Waals surface area (Å²) in [6.07, 6.45) is 6.34. The first-order chi connectivity index (χ1) is 6.37. The Hall–Kier alpha value is -0.0800. The molecule has 0 fully saturated rings. The number of hydrogen-bond donors (Lipinski definition) is 2. The van der Waals surface area contributed by atoms with Crippen LogP contribution >= 0.6 is 0 Å². The summed E-state index contributed by atoms with van der Waals surface area (Å²) in [6.45, 7) is 8.03. The van der Waals surface area contributed by atoms with Crippen LogP contribution in [0.1, 0.15) is 66.2 Å². The predicted molar refractivity (Wildman–Crippen MR) is 62.3 cm³/mol. The van der Waals surface area contributed by atoms with Crippen molar-refractivity contribution in [2.45, 2.75) is 77.4 Å². The Morgan fingerprint density at radius 2 is 1.64 bits per heavy atom. The van der Waals surface area contributed by atoms with Crippen molar-refractivity contribution in [2.75, 3.05) is 0 Å². The Balaban J connectivity index is 4.01. The molecule has 0 rings (SSSR count). The number of hydrogen-bond acceptors (Lipinski definition) is 2. The zero-order chi connectivity index (χ0) is 11.2. The van der Waals surface area contributed by atoms with Gasteiger partial charge in [-0.15, -0.1) is 0 Å². The van der Waals surface area contributed by atoms with E-state index in [-0.39, 0.29) is 0 Å². The number of aliphatic hydroxyl groups is 1. The first kappa shape index (κ1) is 13.9. The maximum absolute atomic E-state index is 10.3. The van der Waals surface area contributed by atoms with Gasteiger partial charge in [0.05, 0.1) is 5.60 Å². The molecule has 0 aliphatic heterocycles. The molecule has 14 heavy (non-hydrogen) atoms. The largest absolute Gasteiger partial charge is 0.388 e. The van der Waals surface area contributed by atoms with Gasteiger partial charge in [-0.1, -0.05) is 39.5 Å². The van der Waals surface area contributed by atoms with Gasteiger partial charge < -0.3 is 10.8 Å². The van der Waals surface area contributed by atoms with E-state index in [0.717, 1.165) is 19.3 Å². The highest BCUT2D eigenvalue weighted by molar-refractivity contribution is 4.96. The summed E-state index contributed by atoms with van der Waals surface area (Å²) >= 11 is 0. The minimum Gasteiger partial charge on any atom is -0.388 e. The molecular weight excluding hydrogens is 174 g/mol. The molecule has 3 N–H and O–H groups in total. The monoisotopic (exact) mass is 201 g/mol. The van der Waals surface area contributed by atoms with Crippen molar-refractivity contribution in [3.8, 4) is 0 Å². The van der Waals surface area contributed by atoms with Gasteiger partial charge in [0, 0.05) is 5.54 Å². The highest BCUT2D eigenvalue weighted by Crippen LogP contribution is 2.29. The van der Waals surface area contributed by atoms with Crippen molar-refractivity contribution >= 4 is 0 Å². The molecule has 2 heteroatoms. The summed E-state index contributed by atoms with van der Waals surface area (Å²) in [5, 5.41) is 10.3. The average Bonchev–Trinajstić information content (AvgIpc) is 2.10. The summed E-state index contributed by atoms with van der Waals surface area (Å²) < 4.78 is 0. The molecule has 0 saturated carbocycles. The summed E-state index contributed by atoms with van der Waals surface area (Å²) in [5.41, 5.74) is 4.80. The summed E-state index contributed by atoms with van der Waals surface area (Å²) in [5.74, 6) is 0. The fourth-order valence-electron chi connectivity index (χ4n) is 1.80. The third kappa shape index (κ3) is 3.97. The molecule has 0 aromatic rings. The number of nitrogens with two attached hydrogens (primary N) is 1. The van der Waals surface area contributed by atoms with Gasteiger partial charge in [0.1, 0.15) is 0 Å². The molecule has 2 nitrogen and oxygen atoms in total. The first-order valence-electron chi connectivity index (χ1n) is 5.88. The SMILES string of the molecule is CCCCCCC(O)(CC)C(C)(C)N. The maximum Gasteiger partial charge on any atom is 0.0818 e. The first-order valence-corrected chi connectivity index (χ1v) is 5.88. The van der Waals surface area contributed by atoms with Gasteiger partial charge in [-0.3, -0.25) is 0 Å². The van der Waals surface area contributed by atoms with E-state index in [2.05, 4.69) is 6.92 Å². The second-order valence-electron chi connectivity index (χ2n) is 4.92. The van der Waals surface area contributed by atoms with E-state index in [9.17, 15) is 5.11 Å². The number of rotatable bonds is 7. The van der Waals surface area contributed by atoms with E-state index >= 15 is 0 Å². The minimum absolute atomic E-state index is 0.492. The molecule has 0 bridgehead atoms. The highest BCUT2D eigenvalue weighted by Gasteiger charge is 2.37. The lowest BCUT2D eigenvalue weighted by atomic mass is 9.77. The molecule has 0 aliphatic carbocycles. The van der Waals surface area contributed by atoms with Crippen molar-refractivity contribution in [2.24, 2.45) is 5.73 Å². The molecule has 0 spiro atoms. The van der Waals surface area contributed by atoms with Crippen LogP contribution in [-0.4, -0.2) is 16.2 Å². The molecule has 1 unspecified atom stereocenters. The Kier molecular flexibility index (Phi) is 5.68. The highest BCUT2D eigenvalue weighted by atomic mass is 16.3. The quantitative estimate of drug-likeness (QED) is 0.622. The smallest absolute Gasteiger partial charge is 0.0818 e. The molecular formula is C12H27NO. The molecule has 86 valence electrons. The molecule has 0 saturated heterocycles. The van der Waals surface area contributed by atoms with E-state index in [0.29, 0.717) is 0 Å². The van der Waals surface area contributed by atoms with Gasteiger partial charge in [0.2, 0.25) is 0 Å². The van der Waals surface area contributed by atoms with E-state index in [4.69, 9.17) is 5.73 Å². The topological polar surface area (TPSA) is 46.2 Å². The molecule has 0 aromatic heterocycles. The van der Waals surface area contributed by atoms with Crippen molar-refractivity contribution < 1.29 is 5.11 Å². The van der Waals surface area contributed by atoms with Crippen LogP contribution in [0.25, 0.3) is 0 Å². The standard InChI is InChI=1S/C12H27NO/c1-5-7-8-9-10-12(14,6-2)11(3,4)13/h14H,5-10,13H2,1-4H3. The minimum atomic E-state index is -0.694. The predicted octanol–water partition coefficient (Wildman–Crippen LogP) is 2.84. The Labute approximate surface area is 88.9 Å². The molecule has 0 aromatic carbocycles. The van der Waals surface area contributed by atoms with Crippen molar-refractivity contribution in [3.63, 3.8) is 0 Å². The van der Waals surface area contributed by atoms with Crippen LogP contribution in [0.4, 0.5) is 0 Å². The Bertz CT molecular complexity index is 151. The van der Waals surface area contributed by atoms with Gasteiger partial charge in [-0.05, 0) is 26.7 Å². The third-order valence-corrected chi connectivity index (χ3v) is 3.23. The van der Waals surface area contributed by atoms with Crippen LogP contribution in [0.5, 0.6) is 0 Å². The van der Waals surface area contributed by atoms with E-state index in [1.54, 1.807) is 0 Å². The van der Waals surface area contributed by atoms with Gasteiger partial charge in [-0.25, -0.2) is 0 Å². The summed E-state index contributed by atoms with van der Waals surface area (Å²) in [7, 11) is 0. The summed E-state index contributed by atoms with van der Waals surface area (Å²) in [6, 6.07) is 0. The zero-order valence-corrected chi connectivity index (χ0v) is 10.3. The van der Waals surface area contributed by atoms with E-state index in [1.807, 2.05) is 20.8 Å². The molecule has 0 aliphatic rings. The molecule has 1 atom stereocenters. The van der Waals surface area contributed by atoms with Gasteiger partial charge >= 0.3 is 0 Å². The van der Waals surface area contributed by atoms with Crippen LogP contribution in [0.2, 0.25) is 0 Å². The van der Waals surface area contributed by atoms with E-state index < -0.39 is 11.1 Å². The van der Waals surface area contributed by atoms with Crippen LogP contribution in [-0.2, 0) is 0 Å². The van der Waals surface area contributed by atoms with Crippen molar-refractivity contribution in [1.29, 1.82) is 0 Å². The van der Waals surface area contributed by atoms with Crippen LogP contribution in [0.15, 0.2) is 0 Å². The molecule has 0 amide bonds. The second-order valence-corrected chi connectivity index (χ2v) is 4.92. The average molecular weight is 201 g/mol. The zero-order valence-electron chi connectivity index (χ0n) is 10.3. The third-order valence-electron chi connectivity index (χ3n) is 3.23. The van der Waals surface area contributed by atoms with Gasteiger partial charge in [-0.2, -0.15) is 0 Å². The van der Waals surface area contributed by atoms with Crippen LogP contribution < -0.4 is 5.73 Å². The molecule has 0 radical (unpaired) electrons. The fourth-order valence-corrected chi connectivity index (χ4v) is 1.80. The van der Waals surface area contributed by atoms with Crippen LogP contribution in [0.3, 0.4) is 0 Å². The lowest BCUT2D eigenvalue weighted by Gasteiger charge is -2.39. The van der Waals surface area contributed by atoms with Crippen molar-refractivity contribution in [1.82, 2.24) is 0 Å². The lowest BCUT2D eigenvalue weighted by molar-refractivity contribution is -0.0341. The summed E-state index contributed by atoms with van der Waals surface area (Å²) in [4.78, 5) is 0. The lowest BCUT2D eigenvalue weighted by Crippen LogP contribution is -2.56. The Morgan fingerprint density at radius 3 is 2.00 bits per heavy atom. The fraction of sp³-hybridized carbons (Fsp3) is 1.00. The second kappa shape index (κ2) is 5.72. The number of unbranched alkanes of at least 4 members (excludes halogenated alkanes) is 3. The van der Waals surface area contributed by atoms with Crippen LogP contribution in [0, 0.1) is 0 Å².